The molecular formula is C12H11FN4O2. The van der Waals surface area contributed by atoms with Crippen molar-refractivity contribution in [1.29, 1.82) is 0 Å². The molecule has 7 heteroatoms. The summed E-state index contributed by atoms with van der Waals surface area (Å²) in [4.78, 5) is 15.8. The normalized spacial score (nSPS) is 10.3. The van der Waals surface area contributed by atoms with Crippen LogP contribution >= 0.6 is 0 Å². The summed E-state index contributed by atoms with van der Waals surface area (Å²) in [5.74, 6) is -1.66. The van der Waals surface area contributed by atoms with E-state index in [1.165, 1.54) is 0 Å². The highest BCUT2D eigenvalue weighted by atomic mass is 19.1. The maximum atomic E-state index is 13.0. The van der Waals surface area contributed by atoms with Gasteiger partial charge < -0.3 is 5.11 Å². The number of carbonyl (C=O) groups excluding carboxylic acids is 1. The number of anilines is 1. The number of benzene rings is 1. The van der Waals surface area contributed by atoms with E-state index in [2.05, 4.69) is 20.5 Å². The van der Waals surface area contributed by atoms with Gasteiger partial charge in [0, 0.05) is 0 Å². The molecule has 0 aliphatic rings. The molecule has 0 saturated carbocycles. The Morgan fingerprint density at radius 1 is 1.26 bits per heavy atom. The smallest absolute Gasteiger partial charge is 0.261 e. The lowest BCUT2D eigenvalue weighted by atomic mass is 10.2. The van der Waals surface area contributed by atoms with E-state index in [0.29, 0.717) is 11.4 Å². The monoisotopic (exact) mass is 262 g/mol. The molecule has 0 radical (unpaired) electrons. The Morgan fingerprint density at radius 3 is 2.68 bits per heavy atom. The summed E-state index contributed by atoms with van der Waals surface area (Å²) in [6, 6.07) is 3.09. The topological polar surface area (TPSA) is 88.0 Å². The average molecular weight is 262 g/mol. The van der Waals surface area contributed by atoms with Crippen molar-refractivity contribution in [3.8, 4) is 5.75 Å². The van der Waals surface area contributed by atoms with Gasteiger partial charge in [-0.15, -0.1) is 5.10 Å². The number of aromatic nitrogens is 3. The Bertz CT molecular complexity index is 646. The SMILES string of the molecule is Cc1nnc(NC(=O)c2cc(F)ccc2O)nc1C. The summed E-state index contributed by atoms with van der Waals surface area (Å²) in [5.41, 5.74) is 1.07. The van der Waals surface area contributed by atoms with Gasteiger partial charge in [0.15, 0.2) is 0 Å². The minimum Gasteiger partial charge on any atom is -0.507 e. The molecule has 2 N–H and O–H groups in total. The summed E-state index contributed by atoms with van der Waals surface area (Å²) in [7, 11) is 0. The first-order valence-electron chi connectivity index (χ1n) is 5.45. The van der Waals surface area contributed by atoms with Crippen LogP contribution in [0.1, 0.15) is 21.7 Å². The number of amides is 1. The van der Waals surface area contributed by atoms with Crippen molar-refractivity contribution in [2.75, 3.05) is 5.32 Å². The fraction of sp³-hybridized carbons (Fsp3) is 0.167. The van der Waals surface area contributed by atoms with Gasteiger partial charge in [-0.25, -0.2) is 9.37 Å². The van der Waals surface area contributed by atoms with Gasteiger partial charge in [0.05, 0.1) is 17.0 Å². The van der Waals surface area contributed by atoms with Crippen molar-refractivity contribution in [1.82, 2.24) is 15.2 Å². The minimum absolute atomic E-state index is 0.00300. The molecule has 19 heavy (non-hydrogen) atoms. The summed E-state index contributed by atoms with van der Waals surface area (Å²) in [6.45, 7) is 3.46. The quantitative estimate of drug-likeness (QED) is 0.858. The van der Waals surface area contributed by atoms with E-state index in [1.807, 2.05) is 0 Å². The van der Waals surface area contributed by atoms with Gasteiger partial charge in [-0.05, 0) is 32.0 Å². The van der Waals surface area contributed by atoms with Crippen molar-refractivity contribution < 1.29 is 14.3 Å². The zero-order valence-corrected chi connectivity index (χ0v) is 10.3. The van der Waals surface area contributed by atoms with Crippen molar-refractivity contribution in [2.24, 2.45) is 0 Å². The number of rotatable bonds is 2. The zero-order valence-electron chi connectivity index (χ0n) is 10.3. The van der Waals surface area contributed by atoms with Crippen LogP contribution in [0.25, 0.3) is 0 Å². The van der Waals surface area contributed by atoms with Gasteiger partial charge in [0.2, 0.25) is 5.95 Å². The number of aryl methyl sites for hydroxylation is 2. The van der Waals surface area contributed by atoms with Gasteiger partial charge in [0.25, 0.3) is 5.91 Å². The molecule has 1 aromatic heterocycles. The van der Waals surface area contributed by atoms with E-state index in [1.54, 1.807) is 13.8 Å². The van der Waals surface area contributed by atoms with Crippen LogP contribution in [0.3, 0.4) is 0 Å². The molecule has 0 spiro atoms. The van der Waals surface area contributed by atoms with Crippen molar-refractivity contribution in [2.45, 2.75) is 13.8 Å². The third-order valence-electron chi connectivity index (χ3n) is 2.52. The first-order valence-corrected chi connectivity index (χ1v) is 5.45. The largest absolute Gasteiger partial charge is 0.507 e. The Morgan fingerprint density at radius 2 is 2.00 bits per heavy atom. The molecule has 0 saturated heterocycles. The van der Waals surface area contributed by atoms with Crippen molar-refractivity contribution >= 4 is 11.9 Å². The predicted molar refractivity (Wildman–Crippen MR) is 65.3 cm³/mol. The molecule has 0 bridgehead atoms. The van der Waals surface area contributed by atoms with E-state index in [4.69, 9.17) is 0 Å². The first-order chi connectivity index (χ1) is 8.97. The maximum absolute atomic E-state index is 13.0. The van der Waals surface area contributed by atoms with E-state index in [0.717, 1.165) is 18.2 Å². The highest BCUT2D eigenvalue weighted by Gasteiger charge is 2.14. The predicted octanol–water partition coefficient (Wildman–Crippen LogP) is 1.59. The highest BCUT2D eigenvalue weighted by Crippen LogP contribution is 2.18. The summed E-state index contributed by atoms with van der Waals surface area (Å²) >= 11 is 0. The fourth-order valence-electron chi connectivity index (χ4n) is 1.37. The van der Waals surface area contributed by atoms with Gasteiger partial charge in [-0.1, -0.05) is 0 Å². The van der Waals surface area contributed by atoms with Crippen LogP contribution in [-0.2, 0) is 0 Å². The van der Waals surface area contributed by atoms with Crippen LogP contribution in [-0.4, -0.2) is 26.2 Å². The molecule has 0 unspecified atom stereocenters. The van der Waals surface area contributed by atoms with E-state index < -0.39 is 11.7 Å². The Labute approximate surface area is 108 Å². The van der Waals surface area contributed by atoms with Crippen molar-refractivity contribution in [3.63, 3.8) is 0 Å². The molecule has 1 amide bonds. The number of aromatic hydroxyl groups is 1. The maximum Gasteiger partial charge on any atom is 0.261 e. The second-order valence-corrected chi connectivity index (χ2v) is 3.92. The lowest BCUT2D eigenvalue weighted by Crippen LogP contribution is -2.16. The first kappa shape index (κ1) is 12.9. The van der Waals surface area contributed by atoms with Gasteiger partial charge in [0.1, 0.15) is 11.6 Å². The van der Waals surface area contributed by atoms with Gasteiger partial charge in [-0.2, -0.15) is 5.10 Å². The lowest BCUT2D eigenvalue weighted by molar-refractivity contribution is 0.102. The van der Waals surface area contributed by atoms with Gasteiger partial charge >= 0.3 is 0 Å². The molecule has 2 aromatic rings. The lowest BCUT2D eigenvalue weighted by Gasteiger charge is -2.06. The number of hydrogen-bond acceptors (Lipinski definition) is 5. The second-order valence-electron chi connectivity index (χ2n) is 3.92. The summed E-state index contributed by atoms with van der Waals surface area (Å²) in [6.07, 6.45) is 0. The molecule has 0 fully saturated rings. The van der Waals surface area contributed by atoms with Crippen LogP contribution in [0.5, 0.6) is 5.75 Å². The summed E-state index contributed by atoms with van der Waals surface area (Å²) in [5, 5.41) is 19.3. The average Bonchev–Trinajstić information content (AvgIpc) is 2.36. The van der Waals surface area contributed by atoms with E-state index >= 15 is 0 Å². The third-order valence-corrected chi connectivity index (χ3v) is 2.52. The number of halogens is 1. The van der Waals surface area contributed by atoms with Crippen LogP contribution in [0.4, 0.5) is 10.3 Å². The third kappa shape index (κ3) is 2.82. The number of carbonyl (C=O) groups is 1. The Balaban J connectivity index is 2.25. The van der Waals surface area contributed by atoms with Gasteiger partial charge in [-0.3, -0.25) is 10.1 Å². The molecule has 1 aromatic carbocycles. The number of hydrogen-bond donors (Lipinski definition) is 2. The minimum atomic E-state index is -0.706. The van der Waals surface area contributed by atoms with Crippen LogP contribution in [0, 0.1) is 19.7 Å². The van der Waals surface area contributed by atoms with Crippen LogP contribution in [0.15, 0.2) is 18.2 Å². The second kappa shape index (κ2) is 4.97. The number of phenols is 1. The van der Waals surface area contributed by atoms with E-state index in [9.17, 15) is 14.3 Å². The molecule has 0 aliphatic carbocycles. The number of phenolic OH excluding ortho intramolecular Hbond substituents is 1. The Kier molecular flexibility index (Phi) is 3.37. The highest BCUT2D eigenvalue weighted by molar-refractivity contribution is 6.05. The van der Waals surface area contributed by atoms with E-state index in [-0.39, 0.29) is 17.3 Å². The molecule has 6 nitrogen and oxygen atoms in total. The summed E-state index contributed by atoms with van der Waals surface area (Å²) < 4.78 is 13.0. The molecule has 2 rings (SSSR count). The number of nitrogens with one attached hydrogen (secondary N) is 1. The molecule has 1 heterocycles. The Hall–Kier alpha value is -2.57. The fourth-order valence-corrected chi connectivity index (χ4v) is 1.37. The molecular weight excluding hydrogens is 251 g/mol. The number of nitrogens with zero attached hydrogens (tertiary/aromatic N) is 3. The van der Waals surface area contributed by atoms with Crippen LogP contribution < -0.4 is 5.32 Å². The molecule has 98 valence electrons. The molecule has 0 atom stereocenters. The standard InChI is InChI=1S/C12H11FN4O2/c1-6-7(2)16-17-12(14-6)15-11(19)9-5-8(13)3-4-10(9)18/h3-5,18H,1-2H3,(H,14,15,17,19). The van der Waals surface area contributed by atoms with Crippen molar-refractivity contribution in [3.05, 3.63) is 41.0 Å². The zero-order chi connectivity index (χ0) is 14.0. The molecule has 0 aliphatic heterocycles. The van der Waals surface area contributed by atoms with Crippen LogP contribution in [0.2, 0.25) is 0 Å².